The van der Waals surface area contributed by atoms with Gasteiger partial charge in [-0.25, -0.2) is 36.3 Å². The second-order valence-electron chi connectivity index (χ2n) is 23.3. The average Bonchev–Trinajstić information content (AvgIpc) is 4.25. The number of nitrogens with zero attached hydrogens (tertiary/aromatic N) is 6. The molecule has 2 unspecified atom stereocenters. The zero-order valence-corrected chi connectivity index (χ0v) is 54.9. The first kappa shape index (κ1) is 67.7. The lowest BCUT2D eigenvalue weighted by molar-refractivity contribution is 0.245. The minimum atomic E-state index is -2.35. The fourth-order valence-corrected chi connectivity index (χ4v) is 11.3. The number of methoxy groups -OCH3 is 2. The molecule has 0 saturated heterocycles. The smallest absolute Gasteiger partial charge is 0.265 e. The van der Waals surface area contributed by atoms with Crippen LogP contribution < -0.4 is 26.3 Å². The number of aryl methyl sites for hydroxylation is 2. The maximum absolute atomic E-state index is 14.4. The lowest BCUT2D eigenvalue weighted by atomic mass is 10.0. The molecule has 0 fully saturated rings. The van der Waals surface area contributed by atoms with Crippen molar-refractivity contribution in [1.82, 2.24) is 28.2 Å². The molecule has 13 nitrogen and oxygen atoms in total. The Balaban J connectivity index is 0.000000229. The molecular weight excluding hydrogens is 1250 g/mol. The number of nitrogen functional groups attached to an aromatic ring is 1. The summed E-state index contributed by atoms with van der Waals surface area (Å²) in [6, 6.07) is 15.8. The van der Waals surface area contributed by atoms with Crippen LogP contribution in [0.25, 0.3) is 11.4 Å². The van der Waals surface area contributed by atoms with Crippen molar-refractivity contribution in [3.05, 3.63) is 214 Å². The van der Waals surface area contributed by atoms with Gasteiger partial charge in [0.25, 0.3) is 11.1 Å². The third-order valence-electron chi connectivity index (χ3n) is 15.1. The molecule has 2 atom stereocenters. The third kappa shape index (κ3) is 16.6. The number of halogens is 9. The first-order valence-corrected chi connectivity index (χ1v) is 34.1. The van der Waals surface area contributed by atoms with E-state index in [1.54, 1.807) is 39.0 Å². The minimum absolute atomic E-state index is 0.0201. The van der Waals surface area contributed by atoms with Crippen LogP contribution in [0.1, 0.15) is 87.3 Å². The van der Waals surface area contributed by atoms with Gasteiger partial charge in [-0.15, -0.1) is 0 Å². The third-order valence-corrected chi connectivity index (χ3v) is 25.1. The summed E-state index contributed by atoms with van der Waals surface area (Å²) in [5.41, 5.74) is 10.3. The van der Waals surface area contributed by atoms with Crippen molar-refractivity contribution >= 4 is 61.5 Å². The highest BCUT2D eigenvalue weighted by molar-refractivity contribution is 9.10. The summed E-state index contributed by atoms with van der Waals surface area (Å²) in [5, 5.41) is 0.230. The second kappa shape index (κ2) is 27.5. The van der Waals surface area contributed by atoms with Crippen LogP contribution in [-0.2, 0) is 15.3 Å². The van der Waals surface area contributed by atoms with Crippen molar-refractivity contribution in [3.8, 4) is 22.9 Å². The minimum Gasteiger partial charge on any atom is -0.495 e. The Kier molecular flexibility index (Phi) is 21.9. The van der Waals surface area contributed by atoms with Crippen molar-refractivity contribution in [2.45, 2.75) is 110 Å². The number of rotatable bonds is 16. The van der Waals surface area contributed by atoms with Crippen molar-refractivity contribution in [1.29, 1.82) is 0 Å². The zero-order chi connectivity index (χ0) is 63.3. The fourth-order valence-electron chi connectivity index (χ4n) is 8.24. The molecule has 8 rings (SSSR count). The van der Waals surface area contributed by atoms with Gasteiger partial charge in [-0.1, -0.05) is 70.8 Å². The first-order valence-electron chi connectivity index (χ1n) is 26.7. The quantitative estimate of drug-likeness (QED) is 0.0433. The highest BCUT2D eigenvalue weighted by Gasteiger charge is 2.39. The Morgan fingerprint density at radius 1 is 0.588 bits per heavy atom. The van der Waals surface area contributed by atoms with E-state index in [2.05, 4.69) is 46.7 Å². The Hall–Kier alpha value is -6.41. The van der Waals surface area contributed by atoms with Gasteiger partial charge in [0.2, 0.25) is 0 Å². The van der Waals surface area contributed by atoms with E-state index >= 15 is 0 Å². The molecule has 0 saturated carbocycles. The molecule has 4 heterocycles. The number of aromatic nitrogens is 6. The molecule has 4 aromatic heterocycles. The number of hydrogen-bond donors (Lipinski definition) is 1. The monoisotopic (exact) mass is 1320 g/mol. The maximum Gasteiger partial charge on any atom is 0.265 e. The zero-order valence-electron chi connectivity index (χ0n) is 49.8. The van der Waals surface area contributed by atoms with E-state index in [9.17, 15) is 35.9 Å². The van der Waals surface area contributed by atoms with E-state index in [0.29, 0.717) is 17.0 Å². The summed E-state index contributed by atoms with van der Waals surface area (Å²) >= 11 is 15.7. The predicted octanol–water partition coefficient (Wildman–Crippen LogP) is 15.7. The van der Waals surface area contributed by atoms with Gasteiger partial charge in [0.05, 0.1) is 89.5 Å². The van der Waals surface area contributed by atoms with E-state index in [1.165, 1.54) is 27.6 Å². The number of nitrogens with two attached hydrogens (primary N) is 1. The van der Waals surface area contributed by atoms with Gasteiger partial charge in [0, 0.05) is 48.5 Å². The summed E-state index contributed by atoms with van der Waals surface area (Å²) in [6.07, 6.45) is 10.2. The van der Waals surface area contributed by atoms with Crippen molar-refractivity contribution in [2.75, 3.05) is 33.2 Å². The molecule has 4 aromatic carbocycles. The molecule has 2 N–H and O–H groups in total. The summed E-state index contributed by atoms with van der Waals surface area (Å²) < 4.78 is 114. The topological polar surface area (TPSA) is 143 Å². The van der Waals surface area contributed by atoms with Crippen LogP contribution in [0.4, 0.5) is 32.0 Å². The van der Waals surface area contributed by atoms with Crippen LogP contribution in [0.3, 0.4) is 0 Å². The summed E-state index contributed by atoms with van der Waals surface area (Å²) in [7, 11) is -1.40. The Morgan fingerprint density at radius 3 is 1.39 bits per heavy atom. The molecule has 456 valence electrons. The van der Waals surface area contributed by atoms with Crippen LogP contribution in [-0.4, -0.2) is 72.3 Å². The lowest BCUT2D eigenvalue weighted by Gasteiger charge is -2.37. The van der Waals surface area contributed by atoms with Crippen LogP contribution >= 0.6 is 39.1 Å². The van der Waals surface area contributed by atoms with Crippen LogP contribution in [0.15, 0.2) is 124 Å². The Morgan fingerprint density at radius 2 is 0.988 bits per heavy atom. The normalized spacial score (nSPS) is 12.7. The Labute approximate surface area is 511 Å². The van der Waals surface area contributed by atoms with Gasteiger partial charge in [-0.2, -0.15) is 0 Å². The van der Waals surface area contributed by atoms with Crippen molar-refractivity contribution in [3.63, 3.8) is 0 Å². The number of anilines is 1. The highest BCUT2D eigenvalue weighted by Crippen LogP contribution is 2.39. The summed E-state index contributed by atoms with van der Waals surface area (Å²) in [4.78, 5) is 35.0. The number of imidazole rings is 2. The van der Waals surface area contributed by atoms with Crippen LogP contribution in [0.5, 0.6) is 11.5 Å². The average molecular weight is 1320 g/mol. The molecule has 0 amide bonds. The molecule has 8 aromatic rings. The van der Waals surface area contributed by atoms with E-state index in [0.717, 1.165) is 58.3 Å². The van der Waals surface area contributed by atoms with Crippen molar-refractivity contribution in [2.24, 2.45) is 0 Å². The molecular formula is C61H70BrCl2F6N7O6Si2. The van der Waals surface area contributed by atoms with Gasteiger partial charge in [0.1, 0.15) is 11.5 Å². The van der Waals surface area contributed by atoms with E-state index in [4.69, 9.17) is 47.3 Å². The fraction of sp³-hybridized carbons (Fsp3) is 0.344. The summed E-state index contributed by atoms with van der Waals surface area (Å²) in [5.74, 6) is -7.17. The molecule has 24 heteroatoms. The number of ether oxygens (including phenoxy) is 2. The lowest BCUT2D eigenvalue weighted by Crippen LogP contribution is -2.43. The number of benzene rings is 4. The molecule has 0 spiro atoms. The first-order chi connectivity index (χ1) is 39.6. The molecule has 0 aliphatic rings. The maximum atomic E-state index is 14.4. The second-order valence-corrected chi connectivity index (χ2v) is 34.7. The molecule has 0 radical (unpaired) electrons. The molecule has 0 aliphatic carbocycles. The standard InChI is InChI=1S/C31H35ClF3N3O3Si.C19H22BrClF3NO2Si.C11H13N3O/c1-19-15-37(18-36-19)26-9-8-20(11-28(26)40-5)10-22-12-23(32)16-38(30(22)39)27(17-41-42(6,7)31(2,3)4)21-13-24(33)29(35)25(34)14-21;1-19(2,3)28(4,5)27-10-16(11-6-14(22)17(24)15(23)7-11)25-9-12(21)8-13(20)18(25)26;1-8-6-14(7-13-8)10-4-3-9(12)5-11(10)15-2/h8-9,11-16,18,27H,10,17H2,1-7H3;6-9,16H,10H2,1-5H3;3-7H,12H2,1-2H3. The number of pyridine rings is 2. The Bertz CT molecular complexity index is 3760. The van der Waals surface area contributed by atoms with Crippen molar-refractivity contribution < 1.29 is 44.7 Å². The number of hydrogen-bond acceptors (Lipinski definition) is 9. The van der Waals surface area contributed by atoms with Gasteiger partial charge < -0.3 is 42.3 Å². The van der Waals surface area contributed by atoms with Gasteiger partial charge in [0.15, 0.2) is 51.5 Å². The van der Waals surface area contributed by atoms with E-state index < -0.39 is 74.7 Å². The molecule has 0 bridgehead atoms. The van der Waals surface area contributed by atoms with Gasteiger partial charge in [-0.05, 0) is 143 Å². The SMILES string of the molecule is CC(C)(C)[Si](C)(C)OCC(c1cc(F)c(F)c(F)c1)n1cc(Cl)cc(Br)c1=O.COc1cc(Cc2cc(Cl)cn(C(CO[Si](C)(C)C(C)(C)C)c3cc(F)c(F)c(F)c3)c2=O)ccc1-n1cnc(C)c1.COc1cc(N)ccc1-n1cnc(C)c1. The predicted molar refractivity (Wildman–Crippen MR) is 331 cm³/mol. The van der Waals surface area contributed by atoms with Crippen LogP contribution in [0.2, 0.25) is 46.3 Å². The molecule has 85 heavy (non-hydrogen) atoms. The highest BCUT2D eigenvalue weighted by atomic mass is 79.9. The summed E-state index contributed by atoms with van der Waals surface area (Å²) in [6.45, 7) is 24.2. The van der Waals surface area contributed by atoms with Gasteiger partial charge in [-0.3, -0.25) is 9.59 Å². The largest absolute Gasteiger partial charge is 0.495 e. The molecule has 0 aliphatic heterocycles. The van der Waals surface area contributed by atoms with Gasteiger partial charge >= 0.3 is 0 Å². The van der Waals surface area contributed by atoms with Crippen LogP contribution in [0, 0.1) is 48.8 Å². The van der Waals surface area contributed by atoms with E-state index in [1.807, 2.05) is 113 Å². The van der Waals surface area contributed by atoms with E-state index in [-0.39, 0.29) is 55.4 Å².